The number of fused-ring (bicyclic) bond motifs is 10. The summed E-state index contributed by atoms with van der Waals surface area (Å²) in [7, 11) is 0. The molecule has 0 radical (unpaired) electrons. The van der Waals surface area contributed by atoms with E-state index in [0.29, 0.717) is 0 Å². The van der Waals surface area contributed by atoms with Gasteiger partial charge in [0, 0.05) is 17.4 Å². The highest BCUT2D eigenvalue weighted by atomic mass is 16.3. The van der Waals surface area contributed by atoms with Gasteiger partial charge in [-0.2, -0.15) is 0 Å². The van der Waals surface area contributed by atoms with Crippen LogP contribution in [0.1, 0.15) is 0 Å². The Labute approximate surface area is 270 Å². The normalized spacial score (nSPS) is 12.6. The lowest BCUT2D eigenvalue weighted by atomic mass is 9.34. The summed E-state index contributed by atoms with van der Waals surface area (Å²) in [5.41, 5.74) is 18.4. The predicted octanol–water partition coefficient (Wildman–Crippen LogP) is 8.67. The molecule has 4 nitrogen and oxygen atoms in total. The third kappa shape index (κ3) is 3.38. The average molecular weight is 600 g/mol. The lowest BCUT2D eigenvalue weighted by Crippen LogP contribution is -2.59. The number of hydrogen-bond acceptors (Lipinski definition) is 2. The third-order valence-corrected chi connectivity index (χ3v) is 10.0. The van der Waals surface area contributed by atoms with Crippen LogP contribution in [0.25, 0.3) is 78.0 Å². The lowest BCUT2D eigenvalue weighted by molar-refractivity contribution is 0.639. The summed E-state index contributed by atoms with van der Waals surface area (Å²) in [6, 6.07) is 54.0. The van der Waals surface area contributed by atoms with Gasteiger partial charge in [0.1, 0.15) is 0 Å². The molecule has 9 aromatic rings. The maximum absolute atomic E-state index is 6.73. The summed E-state index contributed by atoms with van der Waals surface area (Å²) < 4.78 is 18.3. The second kappa shape index (κ2) is 9.18. The highest BCUT2D eigenvalue weighted by Gasteiger charge is 2.41. The van der Waals surface area contributed by atoms with Gasteiger partial charge in [0.25, 0.3) is 6.71 Å². The van der Waals surface area contributed by atoms with Gasteiger partial charge in [-0.05, 0) is 75.0 Å². The first-order valence-corrected chi connectivity index (χ1v) is 16.1. The SMILES string of the molecule is c1ccc(-c2ccc3c(c2)B2c4cc(-c5ccccc5)ccc4-n4c5ccccc5oc5cc6oc7ccccc7n-3c6c2c54)cc1. The third-order valence-electron chi connectivity index (χ3n) is 10.0. The molecule has 47 heavy (non-hydrogen) atoms. The molecular weight excluding hydrogens is 575 g/mol. The van der Waals surface area contributed by atoms with Crippen LogP contribution < -0.4 is 16.4 Å². The van der Waals surface area contributed by atoms with Gasteiger partial charge in [-0.15, -0.1) is 0 Å². The zero-order valence-corrected chi connectivity index (χ0v) is 25.2. The fourth-order valence-electron chi connectivity index (χ4n) is 8.04. The molecule has 0 saturated carbocycles. The van der Waals surface area contributed by atoms with E-state index in [1.807, 2.05) is 12.1 Å². The molecule has 7 aromatic carbocycles. The molecular formula is C42H25BN2O2. The Kier molecular flexibility index (Phi) is 4.89. The average Bonchev–Trinajstić information content (AvgIpc) is 3.14. The molecule has 2 aromatic heterocycles. The van der Waals surface area contributed by atoms with Gasteiger partial charge < -0.3 is 18.0 Å². The van der Waals surface area contributed by atoms with Gasteiger partial charge in [0.15, 0.2) is 22.3 Å². The molecule has 5 heteroatoms. The minimum atomic E-state index is -0.0498. The number of aromatic nitrogens is 2. The van der Waals surface area contributed by atoms with Crippen molar-refractivity contribution in [3.05, 3.63) is 152 Å². The Hall–Kier alpha value is -6.20. The molecule has 0 unspecified atom stereocenters. The van der Waals surface area contributed by atoms with Crippen molar-refractivity contribution in [2.24, 2.45) is 0 Å². The van der Waals surface area contributed by atoms with Crippen LogP contribution in [-0.2, 0) is 0 Å². The van der Waals surface area contributed by atoms with Crippen LogP contribution in [0.4, 0.5) is 0 Å². The summed E-state index contributed by atoms with van der Waals surface area (Å²) in [6.07, 6.45) is 0. The van der Waals surface area contributed by atoms with E-state index >= 15 is 0 Å². The van der Waals surface area contributed by atoms with Crippen LogP contribution in [0, 0.1) is 0 Å². The van der Waals surface area contributed by atoms with Crippen molar-refractivity contribution in [3.63, 3.8) is 0 Å². The zero-order chi connectivity index (χ0) is 30.6. The number of nitrogens with zero attached hydrogens (tertiary/aromatic N) is 2. The topological polar surface area (TPSA) is 36.1 Å². The van der Waals surface area contributed by atoms with E-state index in [2.05, 4.69) is 149 Å². The monoisotopic (exact) mass is 600 g/mol. The fourth-order valence-corrected chi connectivity index (χ4v) is 8.04. The minimum absolute atomic E-state index is 0.0498. The summed E-state index contributed by atoms with van der Waals surface area (Å²) in [5, 5.41) is 0. The van der Waals surface area contributed by atoms with Crippen molar-refractivity contribution in [1.29, 1.82) is 0 Å². The first-order chi connectivity index (χ1) is 23.3. The van der Waals surface area contributed by atoms with Crippen LogP contribution in [0.3, 0.4) is 0 Å². The number of para-hydroxylation sites is 4. The largest absolute Gasteiger partial charge is 0.453 e. The van der Waals surface area contributed by atoms with E-state index in [-0.39, 0.29) is 6.71 Å². The van der Waals surface area contributed by atoms with Crippen LogP contribution in [-0.4, -0.2) is 15.8 Å². The van der Waals surface area contributed by atoms with Crippen LogP contribution >= 0.6 is 0 Å². The smallest absolute Gasteiger partial charge is 0.252 e. The molecule has 0 N–H and O–H groups in total. The zero-order valence-electron chi connectivity index (χ0n) is 25.2. The Bertz CT molecular complexity index is 2610. The Balaban J connectivity index is 1.37. The second-order valence-corrected chi connectivity index (χ2v) is 12.5. The van der Waals surface area contributed by atoms with Gasteiger partial charge in [0.2, 0.25) is 0 Å². The maximum atomic E-state index is 6.73. The van der Waals surface area contributed by atoms with Crippen molar-refractivity contribution in [3.8, 4) is 33.6 Å². The van der Waals surface area contributed by atoms with Crippen LogP contribution in [0.2, 0.25) is 0 Å². The highest BCUT2D eigenvalue weighted by molar-refractivity contribution is 7.00. The standard InChI is InChI=1S/C42H25BN2O2/c1-3-11-26(12-4-1)28-19-21-32-30(23-28)43-31-24-29(27-13-5-2-6-14-27)20-22-33(31)45-35-16-8-10-18-37(35)47-39-25-38-41(40(43)42(39)45)44(32)34-15-7-9-17-36(34)46-38/h1-25H. The molecule has 218 valence electrons. The Morgan fingerprint density at radius 2 is 0.830 bits per heavy atom. The van der Waals surface area contributed by atoms with E-state index in [9.17, 15) is 0 Å². The summed E-state index contributed by atoms with van der Waals surface area (Å²) >= 11 is 0. The fraction of sp³-hybridized carbons (Fsp3) is 0. The molecule has 0 amide bonds. The van der Waals surface area contributed by atoms with Crippen molar-refractivity contribution in [2.45, 2.75) is 0 Å². The van der Waals surface area contributed by atoms with E-state index in [1.54, 1.807) is 0 Å². The molecule has 0 atom stereocenters. The van der Waals surface area contributed by atoms with Gasteiger partial charge in [-0.25, -0.2) is 0 Å². The van der Waals surface area contributed by atoms with Crippen molar-refractivity contribution < 1.29 is 8.83 Å². The summed E-state index contributed by atoms with van der Waals surface area (Å²) in [5.74, 6) is 0. The van der Waals surface area contributed by atoms with Crippen molar-refractivity contribution in [2.75, 3.05) is 0 Å². The Morgan fingerprint density at radius 3 is 1.32 bits per heavy atom. The van der Waals surface area contributed by atoms with Crippen molar-refractivity contribution >= 4 is 67.5 Å². The van der Waals surface area contributed by atoms with Crippen LogP contribution in [0.15, 0.2) is 160 Å². The van der Waals surface area contributed by atoms with Gasteiger partial charge in [-0.1, -0.05) is 109 Å². The lowest BCUT2D eigenvalue weighted by Gasteiger charge is -2.36. The number of rotatable bonds is 2. The van der Waals surface area contributed by atoms with Crippen LogP contribution in [0.5, 0.6) is 0 Å². The first-order valence-electron chi connectivity index (χ1n) is 16.1. The van der Waals surface area contributed by atoms with Gasteiger partial charge in [0.05, 0.1) is 22.1 Å². The molecule has 0 spiro atoms. The quantitative estimate of drug-likeness (QED) is 0.147. The second-order valence-electron chi connectivity index (χ2n) is 12.5. The number of benzene rings is 7. The van der Waals surface area contributed by atoms with Gasteiger partial charge in [-0.3, -0.25) is 0 Å². The van der Waals surface area contributed by atoms with Gasteiger partial charge >= 0.3 is 0 Å². The molecule has 2 aliphatic heterocycles. The maximum Gasteiger partial charge on any atom is 0.252 e. The molecule has 4 heterocycles. The molecule has 0 aliphatic carbocycles. The van der Waals surface area contributed by atoms with E-state index in [0.717, 1.165) is 44.4 Å². The molecule has 2 aliphatic rings. The predicted molar refractivity (Wildman–Crippen MR) is 193 cm³/mol. The summed E-state index contributed by atoms with van der Waals surface area (Å²) in [4.78, 5) is 0. The summed E-state index contributed by atoms with van der Waals surface area (Å²) in [6.45, 7) is -0.0498. The van der Waals surface area contributed by atoms with E-state index in [4.69, 9.17) is 8.83 Å². The molecule has 0 bridgehead atoms. The minimum Gasteiger partial charge on any atom is -0.453 e. The first kappa shape index (κ1) is 25.0. The number of hydrogen-bond donors (Lipinski definition) is 0. The highest BCUT2D eigenvalue weighted by Crippen LogP contribution is 2.38. The Morgan fingerprint density at radius 1 is 0.383 bits per heavy atom. The van der Waals surface area contributed by atoms with Crippen molar-refractivity contribution in [1.82, 2.24) is 9.13 Å². The van der Waals surface area contributed by atoms with E-state index in [1.165, 1.54) is 50.0 Å². The molecule has 0 saturated heterocycles. The molecule has 0 fully saturated rings. The molecule has 11 rings (SSSR count). The van der Waals surface area contributed by atoms with E-state index < -0.39 is 0 Å².